The fourth-order valence-corrected chi connectivity index (χ4v) is 2.72. The number of ether oxygens (including phenoxy) is 3. The lowest BCUT2D eigenvalue weighted by Crippen LogP contribution is -2.41. The monoisotopic (exact) mass is 349 g/mol. The van der Waals surface area contributed by atoms with E-state index in [0.717, 1.165) is 5.57 Å². The Balaban J connectivity index is 2.20. The number of hydrogen-bond acceptors (Lipinski definition) is 6. The van der Waals surface area contributed by atoms with Gasteiger partial charge in [-0.1, -0.05) is 5.57 Å². The molecule has 1 amide bonds. The summed E-state index contributed by atoms with van der Waals surface area (Å²) in [4.78, 5) is 36.3. The third-order valence-electron chi connectivity index (χ3n) is 3.71. The van der Waals surface area contributed by atoms with Gasteiger partial charge >= 0.3 is 6.09 Å². The van der Waals surface area contributed by atoms with E-state index in [4.69, 9.17) is 14.2 Å². The van der Waals surface area contributed by atoms with Crippen LogP contribution < -0.4 is 0 Å². The topological polar surface area (TPSA) is 82.1 Å². The van der Waals surface area contributed by atoms with Gasteiger partial charge in [-0.2, -0.15) is 0 Å². The van der Waals surface area contributed by atoms with Crippen molar-refractivity contribution in [3.63, 3.8) is 0 Å². The van der Waals surface area contributed by atoms with Gasteiger partial charge in [-0.05, 0) is 33.6 Å². The highest BCUT2D eigenvalue weighted by atomic mass is 16.7. The zero-order valence-corrected chi connectivity index (χ0v) is 15.2. The minimum absolute atomic E-state index is 0.0599. The summed E-state index contributed by atoms with van der Waals surface area (Å²) in [5, 5.41) is 0. The Bertz CT molecular complexity index is 658. The summed E-state index contributed by atoms with van der Waals surface area (Å²) >= 11 is 0. The van der Waals surface area contributed by atoms with Gasteiger partial charge in [0.2, 0.25) is 17.3 Å². The predicted molar refractivity (Wildman–Crippen MR) is 88.7 cm³/mol. The Morgan fingerprint density at radius 1 is 1.08 bits per heavy atom. The molecule has 7 nitrogen and oxygen atoms in total. The van der Waals surface area contributed by atoms with Gasteiger partial charge in [0, 0.05) is 26.9 Å². The summed E-state index contributed by atoms with van der Waals surface area (Å²) in [5.41, 5.74) is 0.535. The Labute approximate surface area is 146 Å². The summed E-state index contributed by atoms with van der Waals surface area (Å²) in [6.07, 6.45) is 0.557. The van der Waals surface area contributed by atoms with Crippen LogP contribution in [0.25, 0.3) is 0 Å². The van der Waals surface area contributed by atoms with E-state index in [1.165, 1.54) is 0 Å². The number of nitrogens with zero attached hydrogens (tertiary/aromatic N) is 1. The molecule has 2 aliphatic rings. The maximum atomic E-state index is 12.1. The van der Waals surface area contributed by atoms with Crippen LogP contribution in [0.3, 0.4) is 0 Å². The standard InChI is InChI=1S/C18H23NO6/c1-17(2,3)25-16(22)19-8-6-12(7-9-19)15-13(10-20)23-18(4,5)24-14(15)11-21/h6-9H2,1-5H3. The molecule has 0 atom stereocenters. The van der Waals surface area contributed by atoms with Gasteiger partial charge in [-0.15, -0.1) is 0 Å². The molecule has 2 rings (SSSR count). The molecule has 2 aliphatic heterocycles. The van der Waals surface area contributed by atoms with E-state index in [1.807, 2.05) is 20.8 Å². The first-order valence-electron chi connectivity index (χ1n) is 8.15. The second kappa shape index (κ2) is 6.79. The molecule has 0 aromatic carbocycles. The van der Waals surface area contributed by atoms with Crippen molar-refractivity contribution in [2.75, 3.05) is 13.1 Å². The summed E-state index contributed by atoms with van der Waals surface area (Å²) in [7, 11) is 0. The van der Waals surface area contributed by atoms with E-state index >= 15 is 0 Å². The summed E-state index contributed by atoms with van der Waals surface area (Å²) in [6.45, 7) is 9.43. The Hall–Kier alpha value is -2.49. The zero-order chi connectivity index (χ0) is 18.8. The highest BCUT2D eigenvalue weighted by Crippen LogP contribution is 2.37. The van der Waals surface area contributed by atoms with E-state index in [2.05, 4.69) is 0 Å². The van der Waals surface area contributed by atoms with Gasteiger partial charge in [-0.25, -0.2) is 14.4 Å². The maximum absolute atomic E-state index is 12.1. The van der Waals surface area contributed by atoms with Crippen LogP contribution in [-0.2, 0) is 23.8 Å². The summed E-state index contributed by atoms with van der Waals surface area (Å²) in [5.74, 6) is 2.22. The Kier molecular flexibility index (Phi) is 5.12. The molecule has 0 saturated carbocycles. The molecule has 0 spiro atoms. The molecule has 0 bridgehead atoms. The number of carbonyl (C=O) groups excluding carboxylic acids is 3. The Morgan fingerprint density at radius 2 is 1.56 bits per heavy atom. The average molecular weight is 349 g/mol. The molecule has 0 N–H and O–H groups in total. The molecule has 7 heteroatoms. The number of rotatable bonds is 0. The van der Waals surface area contributed by atoms with Crippen LogP contribution >= 0.6 is 0 Å². The van der Waals surface area contributed by atoms with Crippen LogP contribution in [0.15, 0.2) is 22.7 Å². The van der Waals surface area contributed by atoms with Crippen molar-refractivity contribution in [3.05, 3.63) is 22.7 Å². The minimum Gasteiger partial charge on any atom is -0.444 e. The lowest BCUT2D eigenvalue weighted by Gasteiger charge is -2.36. The second-order valence-electron chi connectivity index (χ2n) is 7.41. The van der Waals surface area contributed by atoms with Crippen LogP contribution in [0.2, 0.25) is 0 Å². The van der Waals surface area contributed by atoms with Crippen molar-refractivity contribution in [1.29, 1.82) is 0 Å². The van der Waals surface area contributed by atoms with E-state index in [1.54, 1.807) is 30.6 Å². The molecule has 25 heavy (non-hydrogen) atoms. The number of piperidine rings is 1. The van der Waals surface area contributed by atoms with Gasteiger partial charge in [0.05, 0.1) is 5.57 Å². The molecular formula is C18H23NO6. The molecule has 0 aromatic heterocycles. The first kappa shape index (κ1) is 18.8. The van der Waals surface area contributed by atoms with E-state index < -0.39 is 11.4 Å². The van der Waals surface area contributed by atoms with Crippen molar-refractivity contribution in [3.8, 4) is 0 Å². The maximum Gasteiger partial charge on any atom is 0.410 e. The van der Waals surface area contributed by atoms with Crippen molar-refractivity contribution in [2.45, 2.75) is 58.8 Å². The van der Waals surface area contributed by atoms with Crippen LogP contribution in [-0.4, -0.2) is 47.4 Å². The lowest BCUT2D eigenvalue weighted by molar-refractivity contribution is -0.173. The number of hydrogen-bond donors (Lipinski definition) is 0. The van der Waals surface area contributed by atoms with Crippen LogP contribution in [0.4, 0.5) is 4.79 Å². The van der Waals surface area contributed by atoms with Crippen molar-refractivity contribution in [2.24, 2.45) is 0 Å². The minimum atomic E-state index is -1.14. The highest BCUT2D eigenvalue weighted by molar-refractivity contribution is 5.72. The summed E-state index contributed by atoms with van der Waals surface area (Å²) in [6, 6.07) is 0. The number of amides is 1. The molecule has 2 fully saturated rings. The zero-order valence-electron chi connectivity index (χ0n) is 15.2. The molecule has 2 heterocycles. The van der Waals surface area contributed by atoms with Gasteiger partial charge in [-0.3, -0.25) is 0 Å². The van der Waals surface area contributed by atoms with E-state index in [0.29, 0.717) is 31.5 Å². The van der Waals surface area contributed by atoms with E-state index in [9.17, 15) is 14.4 Å². The van der Waals surface area contributed by atoms with Crippen LogP contribution in [0.1, 0.15) is 47.5 Å². The number of likely N-dealkylation sites (tertiary alicyclic amines) is 1. The largest absolute Gasteiger partial charge is 0.444 e. The molecule has 2 saturated heterocycles. The van der Waals surface area contributed by atoms with E-state index in [-0.39, 0.29) is 17.6 Å². The Morgan fingerprint density at radius 3 is 1.96 bits per heavy atom. The molecule has 0 aromatic rings. The molecule has 0 radical (unpaired) electrons. The number of carbonyl (C=O) groups is 1. The molecule has 0 unspecified atom stereocenters. The van der Waals surface area contributed by atoms with Gasteiger partial charge in [0.15, 0.2) is 11.9 Å². The third kappa shape index (κ3) is 4.53. The summed E-state index contributed by atoms with van der Waals surface area (Å²) < 4.78 is 16.3. The van der Waals surface area contributed by atoms with Crippen molar-refractivity contribution >= 4 is 18.0 Å². The first-order valence-corrected chi connectivity index (χ1v) is 8.15. The molecule has 0 aliphatic carbocycles. The van der Waals surface area contributed by atoms with Crippen LogP contribution in [0.5, 0.6) is 0 Å². The molecular weight excluding hydrogens is 326 g/mol. The average Bonchev–Trinajstić information content (AvgIpc) is 2.51. The van der Waals surface area contributed by atoms with Gasteiger partial charge < -0.3 is 19.1 Å². The highest BCUT2D eigenvalue weighted by Gasteiger charge is 2.38. The second-order valence-corrected chi connectivity index (χ2v) is 7.41. The quantitative estimate of drug-likeness (QED) is 0.625. The van der Waals surface area contributed by atoms with Crippen LogP contribution in [0, 0.1) is 0 Å². The van der Waals surface area contributed by atoms with Crippen molar-refractivity contribution in [1.82, 2.24) is 4.90 Å². The normalized spacial score (nSPS) is 20.3. The predicted octanol–water partition coefficient (Wildman–Crippen LogP) is 2.53. The lowest BCUT2D eigenvalue weighted by atomic mass is 9.95. The van der Waals surface area contributed by atoms with Gasteiger partial charge in [0.25, 0.3) is 0 Å². The third-order valence-corrected chi connectivity index (χ3v) is 3.71. The first-order chi connectivity index (χ1) is 11.6. The fourth-order valence-electron chi connectivity index (χ4n) is 2.72. The van der Waals surface area contributed by atoms with Crippen molar-refractivity contribution < 1.29 is 28.6 Å². The smallest absolute Gasteiger partial charge is 0.410 e. The molecule has 136 valence electrons. The van der Waals surface area contributed by atoms with Gasteiger partial charge in [0.1, 0.15) is 5.60 Å². The fraction of sp³-hybridized carbons (Fsp3) is 0.611. The SMILES string of the molecule is CC(C)(C)OC(=O)N1CCC(=C2C(=C=O)OC(C)(C)OC2=C=O)CC1.